The summed E-state index contributed by atoms with van der Waals surface area (Å²) in [5.74, 6) is 0. The van der Waals surface area contributed by atoms with Crippen LogP contribution < -0.4 is 5.32 Å². The Kier molecular flexibility index (Phi) is 3.19. The Labute approximate surface area is 80.4 Å². The third-order valence-electron chi connectivity index (χ3n) is 2.95. The van der Waals surface area contributed by atoms with Crippen LogP contribution >= 0.6 is 0 Å². The highest BCUT2D eigenvalue weighted by Crippen LogP contribution is 2.28. The van der Waals surface area contributed by atoms with Crippen LogP contribution in [0.3, 0.4) is 0 Å². The van der Waals surface area contributed by atoms with Crippen molar-refractivity contribution in [1.29, 1.82) is 0 Å². The molecule has 0 bridgehead atoms. The minimum atomic E-state index is 0.474. The summed E-state index contributed by atoms with van der Waals surface area (Å²) >= 11 is 0. The third-order valence-corrected chi connectivity index (χ3v) is 2.95. The monoisotopic (exact) mass is 184 g/mol. The molecule has 2 aliphatic rings. The van der Waals surface area contributed by atoms with E-state index in [-0.39, 0.29) is 0 Å². The molecule has 1 aliphatic carbocycles. The number of hydrogen-bond donors (Lipinski definition) is 1. The second-order valence-electron chi connectivity index (χ2n) is 4.11. The number of hydrogen-bond acceptors (Lipinski definition) is 3. The SMILES string of the molecule is CNCCC1CN(C2CC2)CCO1. The fraction of sp³-hybridized carbons (Fsp3) is 1.00. The summed E-state index contributed by atoms with van der Waals surface area (Å²) in [7, 11) is 2.00. The molecule has 3 nitrogen and oxygen atoms in total. The summed E-state index contributed by atoms with van der Waals surface area (Å²) in [6.07, 6.45) is 4.46. The fourth-order valence-corrected chi connectivity index (χ4v) is 1.99. The molecule has 1 saturated heterocycles. The van der Waals surface area contributed by atoms with Gasteiger partial charge in [0.25, 0.3) is 0 Å². The molecule has 1 N–H and O–H groups in total. The van der Waals surface area contributed by atoms with Crippen molar-refractivity contribution in [3.05, 3.63) is 0 Å². The van der Waals surface area contributed by atoms with E-state index >= 15 is 0 Å². The van der Waals surface area contributed by atoms with Gasteiger partial charge in [-0.15, -0.1) is 0 Å². The van der Waals surface area contributed by atoms with Crippen molar-refractivity contribution in [2.45, 2.75) is 31.4 Å². The van der Waals surface area contributed by atoms with Crippen LogP contribution in [0.25, 0.3) is 0 Å². The zero-order chi connectivity index (χ0) is 9.10. The van der Waals surface area contributed by atoms with Gasteiger partial charge in [-0.2, -0.15) is 0 Å². The van der Waals surface area contributed by atoms with Gasteiger partial charge in [0.05, 0.1) is 12.7 Å². The predicted octanol–water partition coefficient (Wildman–Crippen LogP) is 0.459. The van der Waals surface area contributed by atoms with Gasteiger partial charge in [0.15, 0.2) is 0 Å². The zero-order valence-electron chi connectivity index (χ0n) is 8.46. The normalized spacial score (nSPS) is 30.7. The molecule has 0 aromatic heterocycles. The number of nitrogens with one attached hydrogen (secondary N) is 1. The van der Waals surface area contributed by atoms with E-state index in [0.717, 1.165) is 38.7 Å². The second kappa shape index (κ2) is 4.40. The molecule has 0 aromatic rings. The fourth-order valence-electron chi connectivity index (χ4n) is 1.99. The van der Waals surface area contributed by atoms with Crippen LogP contribution in [0.15, 0.2) is 0 Å². The van der Waals surface area contributed by atoms with Gasteiger partial charge in [-0.3, -0.25) is 4.90 Å². The first kappa shape index (κ1) is 9.44. The Morgan fingerprint density at radius 3 is 3.00 bits per heavy atom. The Balaban J connectivity index is 1.71. The minimum absolute atomic E-state index is 0.474. The van der Waals surface area contributed by atoms with Crippen LogP contribution in [0.4, 0.5) is 0 Å². The lowest BCUT2D eigenvalue weighted by Gasteiger charge is -2.33. The molecular weight excluding hydrogens is 164 g/mol. The highest BCUT2D eigenvalue weighted by atomic mass is 16.5. The Morgan fingerprint density at radius 2 is 2.31 bits per heavy atom. The topological polar surface area (TPSA) is 24.5 Å². The molecule has 1 saturated carbocycles. The van der Waals surface area contributed by atoms with Gasteiger partial charge in [0, 0.05) is 19.1 Å². The molecule has 13 heavy (non-hydrogen) atoms. The largest absolute Gasteiger partial charge is 0.376 e. The molecule has 2 fully saturated rings. The Bertz CT molecular complexity index is 159. The zero-order valence-corrected chi connectivity index (χ0v) is 8.46. The van der Waals surface area contributed by atoms with E-state index < -0.39 is 0 Å². The van der Waals surface area contributed by atoms with Gasteiger partial charge in [-0.1, -0.05) is 0 Å². The van der Waals surface area contributed by atoms with E-state index in [1.807, 2.05) is 7.05 Å². The summed E-state index contributed by atoms with van der Waals surface area (Å²) in [4.78, 5) is 2.60. The number of nitrogens with zero attached hydrogens (tertiary/aromatic N) is 1. The van der Waals surface area contributed by atoms with Crippen LogP contribution in [0.5, 0.6) is 0 Å². The molecule has 1 heterocycles. The maximum absolute atomic E-state index is 5.71. The first-order chi connectivity index (χ1) is 6.40. The Morgan fingerprint density at radius 1 is 1.46 bits per heavy atom. The van der Waals surface area contributed by atoms with Crippen LogP contribution in [0, 0.1) is 0 Å². The molecule has 0 radical (unpaired) electrons. The van der Waals surface area contributed by atoms with Crippen molar-refractivity contribution >= 4 is 0 Å². The van der Waals surface area contributed by atoms with Gasteiger partial charge in [-0.05, 0) is 32.9 Å². The number of morpholine rings is 1. The molecule has 76 valence electrons. The minimum Gasteiger partial charge on any atom is -0.376 e. The average Bonchev–Trinajstić information content (AvgIpc) is 2.98. The quantitative estimate of drug-likeness (QED) is 0.687. The molecule has 1 atom stereocenters. The van der Waals surface area contributed by atoms with Crippen LogP contribution in [-0.2, 0) is 4.74 Å². The lowest BCUT2D eigenvalue weighted by molar-refractivity contribution is -0.0343. The predicted molar refractivity (Wildman–Crippen MR) is 52.9 cm³/mol. The Hall–Kier alpha value is -0.120. The van der Waals surface area contributed by atoms with Crippen LogP contribution in [-0.4, -0.2) is 50.3 Å². The van der Waals surface area contributed by atoms with Gasteiger partial charge >= 0.3 is 0 Å². The third kappa shape index (κ3) is 2.66. The molecule has 2 rings (SSSR count). The van der Waals surface area contributed by atoms with Crippen molar-refractivity contribution in [1.82, 2.24) is 10.2 Å². The maximum atomic E-state index is 5.71. The van der Waals surface area contributed by atoms with Crippen LogP contribution in [0.2, 0.25) is 0 Å². The van der Waals surface area contributed by atoms with Gasteiger partial charge in [0.1, 0.15) is 0 Å². The van der Waals surface area contributed by atoms with E-state index in [0.29, 0.717) is 6.10 Å². The van der Waals surface area contributed by atoms with E-state index in [4.69, 9.17) is 4.74 Å². The molecule has 3 heteroatoms. The summed E-state index contributed by atoms with van der Waals surface area (Å²) in [5, 5.41) is 3.18. The van der Waals surface area contributed by atoms with E-state index in [1.165, 1.54) is 12.8 Å². The van der Waals surface area contributed by atoms with Gasteiger partial charge in [-0.25, -0.2) is 0 Å². The van der Waals surface area contributed by atoms with Gasteiger partial charge in [0.2, 0.25) is 0 Å². The summed E-state index contributed by atoms with van der Waals surface area (Å²) in [5.41, 5.74) is 0. The highest BCUT2D eigenvalue weighted by Gasteiger charge is 2.32. The first-order valence-electron chi connectivity index (χ1n) is 5.40. The van der Waals surface area contributed by atoms with Gasteiger partial charge < -0.3 is 10.1 Å². The average molecular weight is 184 g/mol. The first-order valence-corrected chi connectivity index (χ1v) is 5.40. The highest BCUT2D eigenvalue weighted by molar-refractivity contribution is 4.87. The number of ether oxygens (including phenoxy) is 1. The summed E-state index contributed by atoms with van der Waals surface area (Å²) in [6.45, 7) is 4.32. The van der Waals surface area contributed by atoms with Crippen LogP contribution in [0.1, 0.15) is 19.3 Å². The lowest BCUT2D eigenvalue weighted by Crippen LogP contribution is -2.44. The van der Waals surface area contributed by atoms with Crippen molar-refractivity contribution in [2.24, 2.45) is 0 Å². The molecule has 1 aliphatic heterocycles. The molecule has 0 spiro atoms. The molecule has 1 unspecified atom stereocenters. The standard InChI is InChI=1S/C10H20N2O/c1-11-5-4-10-8-12(6-7-13-10)9-2-3-9/h9-11H,2-8H2,1H3. The van der Waals surface area contributed by atoms with E-state index in [1.54, 1.807) is 0 Å². The van der Waals surface area contributed by atoms with Crippen molar-refractivity contribution in [3.63, 3.8) is 0 Å². The molecule has 0 aromatic carbocycles. The summed E-state index contributed by atoms with van der Waals surface area (Å²) in [6, 6.07) is 0.904. The second-order valence-corrected chi connectivity index (χ2v) is 4.11. The summed E-state index contributed by atoms with van der Waals surface area (Å²) < 4.78 is 5.71. The number of rotatable bonds is 4. The maximum Gasteiger partial charge on any atom is 0.0714 e. The van der Waals surface area contributed by atoms with Crippen molar-refractivity contribution in [3.8, 4) is 0 Å². The molecule has 0 amide bonds. The van der Waals surface area contributed by atoms with Crippen molar-refractivity contribution < 1.29 is 4.74 Å². The lowest BCUT2D eigenvalue weighted by atomic mass is 10.2. The van der Waals surface area contributed by atoms with Crippen molar-refractivity contribution in [2.75, 3.05) is 33.3 Å². The smallest absolute Gasteiger partial charge is 0.0714 e. The van der Waals surface area contributed by atoms with E-state index in [9.17, 15) is 0 Å². The molecular formula is C10H20N2O. The van der Waals surface area contributed by atoms with E-state index in [2.05, 4.69) is 10.2 Å².